The smallest absolute Gasteiger partial charge is 0.223 e. The molecule has 0 radical (unpaired) electrons. The Labute approximate surface area is 89.9 Å². The molecular formula is C10H19N3O2. The van der Waals surface area contributed by atoms with E-state index < -0.39 is 0 Å². The van der Waals surface area contributed by atoms with Crippen molar-refractivity contribution in [2.24, 2.45) is 5.92 Å². The van der Waals surface area contributed by atoms with Crippen molar-refractivity contribution in [2.75, 3.05) is 6.61 Å². The maximum atomic E-state index is 8.90. The van der Waals surface area contributed by atoms with Gasteiger partial charge < -0.3 is 14.9 Å². The zero-order valence-electron chi connectivity index (χ0n) is 9.53. The molecule has 86 valence electrons. The van der Waals surface area contributed by atoms with Gasteiger partial charge in [0.05, 0.1) is 6.54 Å². The molecule has 1 unspecified atom stereocenters. The molecule has 0 aliphatic carbocycles. The van der Waals surface area contributed by atoms with Gasteiger partial charge in [-0.25, -0.2) is 0 Å². The molecule has 15 heavy (non-hydrogen) atoms. The Morgan fingerprint density at radius 1 is 1.47 bits per heavy atom. The van der Waals surface area contributed by atoms with Gasteiger partial charge in [-0.1, -0.05) is 19.0 Å². The fourth-order valence-electron chi connectivity index (χ4n) is 1.45. The zero-order chi connectivity index (χ0) is 11.3. The summed E-state index contributed by atoms with van der Waals surface area (Å²) in [6.07, 6.45) is 0.745. The number of hydrogen-bond acceptors (Lipinski definition) is 5. The van der Waals surface area contributed by atoms with Crippen LogP contribution < -0.4 is 5.32 Å². The van der Waals surface area contributed by atoms with Gasteiger partial charge >= 0.3 is 0 Å². The van der Waals surface area contributed by atoms with Gasteiger partial charge in [-0.05, 0) is 12.3 Å². The fraction of sp³-hybridized carbons (Fsp3) is 0.800. The van der Waals surface area contributed by atoms with E-state index in [0.717, 1.165) is 6.42 Å². The third-order valence-corrected chi connectivity index (χ3v) is 2.34. The lowest BCUT2D eigenvalue weighted by Crippen LogP contribution is -2.34. The first-order valence-corrected chi connectivity index (χ1v) is 5.27. The quantitative estimate of drug-likeness (QED) is 0.733. The van der Waals surface area contributed by atoms with Crippen molar-refractivity contribution in [1.82, 2.24) is 15.5 Å². The summed E-state index contributed by atoms with van der Waals surface area (Å²) < 4.78 is 4.87. The predicted molar refractivity (Wildman–Crippen MR) is 56.2 cm³/mol. The Morgan fingerprint density at radius 3 is 2.67 bits per heavy atom. The van der Waals surface area contributed by atoms with E-state index in [1.54, 1.807) is 6.92 Å². The minimum atomic E-state index is 0.196. The lowest BCUT2D eigenvalue weighted by molar-refractivity contribution is 0.242. The van der Waals surface area contributed by atoms with Gasteiger partial charge in [0.25, 0.3) is 0 Å². The van der Waals surface area contributed by atoms with Crippen molar-refractivity contribution in [3.8, 4) is 0 Å². The normalized spacial score (nSPS) is 13.4. The van der Waals surface area contributed by atoms with E-state index in [2.05, 4.69) is 29.3 Å². The third kappa shape index (κ3) is 3.97. The molecule has 1 rings (SSSR count). The molecule has 0 fully saturated rings. The maximum absolute atomic E-state index is 8.90. The van der Waals surface area contributed by atoms with Gasteiger partial charge in [-0.3, -0.25) is 0 Å². The van der Waals surface area contributed by atoms with Gasteiger partial charge in [0.2, 0.25) is 5.89 Å². The largest absolute Gasteiger partial charge is 0.396 e. The van der Waals surface area contributed by atoms with Gasteiger partial charge in [0, 0.05) is 19.6 Å². The first kappa shape index (κ1) is 12.1. The number of nitrogens with zero attached hydrogens (tertiary/aromatic N) is 2. The second kappa shape index (κ2) is 5.82. The first-order chi connectivity index (χ1) is 7.13. The molecule has 1 atom stereocenters. The minimum absolute atomic E-state index is 0.196. The van der Waals surface area contributed by atoms with Crippen molar-refractivity contribution in [2.45, 2.75) is 39.8 Å². The lowest BCUT2D eigenvalue weighted by Gasteiger charge is -2.20. The summed E-state index contributed by atoms with van der Waals surface area (Å²) in [5.74, 6) is 1.72. The molecule has 5 nitrogen and oxygen atoms in total. The van der Waals surface area contributed by atoms with E-state index in [-0.39, 0.29) is 12.6 Å². The number of hydrogen-bond donors (Lipinski definition) is 2. The molecule has 0 saturated carbocycles. The van der Waals surface area contributed by atoms with E-state index in [4.69, 9.17) is 9.63 Å². The average molecular weight is 213 g/mol. The number of aliphatic hydroxyl groups excluding tert-OH is 1. The van der Waals surface area contributed by atoms with Gasteiger partial charge in [0.15, 0.2) is 5.82 Å². The Morgan fingerprint density at radius 2 is 2.20 bits per heavy atom. The molecular weight excluding hydrogens is 194 g/mol. The number of rotatable bonds is 6. The van der Waals surface area contributed by atoms with Crippen molar-refractivity contribution in [1.29, 1.82) is 0 Å². The van der Waals surface area contributed by atoms with Crippen LogP contribution in [0.15, 0.2) is 4.52 Å². The number of aliphatic hydroxyl groups is 1. The summed E-state index contributed by atoms with van der Waals surface area (Å²) in [5, 5.41) is 16.0. The summed E-state index contributed by atoms with van der Waals surface area (Å²) in [4.78, 5) is 4.10. The highest BCUT2D eigenvalue weighted by atomic mass is 16.5. The highest BCUT2D eigenvalue weighted by molar-refractivity contribution is 4.84. The van der Waals surface area contributed by atoms with E-state index in [9.17, 15) is 0 Å². The zero-order valence-corrected chi connectivity index (χ0v) is 9.53. The fourth-order valence-corrected chi connectivity index (χ4v) is 1.45. The SMILES string of the molecule is Cc1nc(CNC(CCO)C(C)C)no1. The molecule has 5 heteroatoms. The van der Waals surface area contributed by atoms with Crippen LogP contribution in [-0.4, -0.2) is 27.9 Å². The van der Waals surface area contributed by atoms with Crippen LogP contribution in [0.1, 0.15) is 32.0 Å². The van der Waals surface area contributed by atoms with E-state index in [0.29, 0.717) is 24.2 Å². The van der Waals surface area contributed by atoms with E-state index >= 15 is 0 Å². The van der Waals surface area contributed by atoms with Crippen LogP contribution in [0, 0.1) is 12.8 Å². The van der Waals surface area contributed by atoms with Crippen LogP contribution in [0.5, 0.6) is 0 Å². The van der Waals surface area contributed by atoms with Crippen LogP contribution in [0.2, 0.25) is 0 Å². The standard InChI is InChI=1S/C10H19N3O2/c1-7(2)9(4-5-14)11-6-10-12-8(3)15-13-10/h7,9,11,14H,4-6H2,1-3H3. The summed E-state index contributed by atoms with van der Waals surface area (Å²) in [7, 11) is 0. The van der Waals surface area contributed by atoms with Crippen molar-refractivity contribution in [3.05, 3.63) is 11.7 Å². The molecule has 1 heterocycles. The highest BCUT2D eigenvalue weighted by Gasteiger charge is 2.13. The third-order valence-electron chi connectivity index (χ3n) is 2.34. The number of aromatic nitrogens is 2. The Hall–Kier alpha value is -0.940. The average Bonchev–Trinajstić information content (AvgIpc) is 2.58. The van der Waals surface area contributed by atoms with Gasteiger partial charge in [-0.2, -0.15) is 4.98 Å². The number of aryl methyl sites for hydroxylation is 1. The first-order valence-electron chi connectivity index (χ1n) is 5.27. The van der Waals surface area contributed by atoms with E-state index in [1.165, 1.54) is 0 Å². The van der Waals surface area contributed by atoms with Crippen molar-refractivity contribution in [3.63, 3.8) is 0 Å². The monoisotopic (exact) mass is 213 g/mol. The molecule has 0 aliphatic heterocycles. The van der Waals surface area contributed by atoms with Crippen LogP contribution in [0.4, 0.5) is 0 Å². The van der Waals surface area contributed by atoms with Crippen LogP contribution >= 0.6 is 0 Å². The maximum Gasteiger partial charge on any atom is 0.223 e. The molecule has 0 aromatic carbocycles. The summed E-state index contributed by atoms with van der Waals surface area (Å²) in [5.41, 5.74) is 0. The van der Waals surface area contributed by atoms with Gasteiger partial charge in [-0.15, -0.1) is 0 Å². The molecule has 1 aromatic rings. The minimum Gasteiger partial charge on any atom is -0.396 e. The lowest BCUT2D eigenvalue weighted by atomic mass is 10.0. The second-order valence-corrected chi connectivity index (χ2v) is 3.97. The molecule has 0 bridgehead atoms. The number of nitrogens with one attached hydrogen (secondary N) is 1. The second-order valence-electron chi connectivity index (χ2n) is 3.97. The summed E-state index contributed by atoms with van der Waals surface area (Å²) in [6.45, 7) is 6.79. The Kier molecular flexibility index (Phi) is 4.71. The van der Waals surface area contributed by atoms with Crippen LogP contribution in [-0.2, 0) is 6.54 Å². The predicted octanol–water partition coefficient (Wildman–Crippen LogP) is 0.875. The summed E-state index contributed by atoms with van der Waals surface area (Å²) in [6, 6.07) is 0.286. The molecule has 0 spiro atoms. The van der Waals surface area contributed by atoms with Crippen LogP contribution in [0.3, 0.4) is 0 Å². The molecule has 0 amide bonds. The van der Waals surface area contributed by atoms with Crippen molar-refractivity contribution >= 4 is 0 Å². The summed E-state index contributed by atoms with van der Waals surface area (Å²) >= 11 is 0. The Bertz CT molecular complexity index is 286. The van der Waals surface area contributed by atoms with E-state index in [1.807, 2.05) is 0 Å². The van der Waals surface area contributed by atoms with Crippen LogP contribution in [0.25, 0.3) is 0 Å². The topological polar surface area (TPSA) is 71.2 Å². The molecule has 0 saturated heterocycles. The van der Waals surface area contributed by atoms with Gasteiger partial charge in [0.1, 0.15) is 0 Å². The molecule has 2 N–H and O–H groups in total. The Balaban J connectivity index is 2.39. The van der Waals surface area contributed by atoms with Crippen molar-refractivity contribution < 1.29 is 9.63 Å². The highest BCUT2D eigenvalue weighted by Crippen LogP contribution is 2.06. The molecule has 1 aromatic heterocycles. The molecule has 0 aliphatic rings.